The van der Waals surface area contributed by atoms with Crippen molar-refractivity contribution in [2.75, 3.05) is 11.5 Å². The molecule has 0 bridgehead atoms. The fourth-order valence-corrected chi connectivity index (χ4v) is 3.75. The van der Waals surface area contributed by atoms with Gasteiger partial charge in [-0.05, 0) is 0 Å². The minimum absolute atomic E-state index is 0.0409. The number of hydrogen-bond acceptors (Lipinski definition) is 3. The lowest BCUT2D eigenvalue weighted by Gasteiger charge is -2.11. The van der Waals surface area contributed by atoms with Crippen LogP contribution in [0.1, 0.15) is 6.92 Å². The number of amides is 1. The van der Waals surface area contributed by atoms with Gasteiger partial charge in [0.25, 0.3) is 0 Å². The van der Waals surface area contributed by atoms with Crippen LogP contribution in [0.5, 0.6) is 0 Å². The standard InChI is InChI=1S/C6H10ClNO3S/c1-4(9)8-6-3-12(10,11)2-5(6)7/h5-6H,2-3H2,1H3,(H,8,9). The Kier molecular flexibility index (Phi) is 2.63. The van der Waals surface area contributed by atoms with E-state index in [1.807, 2.05) is 0 Å². The number of sulfone groups is 1. The molecule has 2 atom stereocenters. The van der Waals surface area contributed by atoms with Gasteiger partial charge in [-0.3, -0.25) is 4.79 Å². The maximum Gasteiger partial charge on any atom is 0.217 e. The van der Waals surface area contributed by atoms with Crippen molar-refractivity contribution in [2.45, 2.75) is 18.3 Å². The molecule has 1 N–H and O–H groups in total. The van der Waals surface area contributed by atoms with Crippen LogP contribution in [-0.2, 0) is 14.6 Å². The number of halogens is 1. The largest absolute Gasteiger partial charge is 0.351 e. The van der Waals surface area contributed by atoms with Gasteiger partial charge < -0.3 is 5.32 Å². The second kappa shape index (κ2) is 3.22. The van der Waals surface area contributed by atoms with Crippen LogP contribution in [0.25, 0.3) is 0 Å². The average Bonchev–Trinajstić information content (AvgIpc) is 2.03. The van der Waals surface area contributed by atoms with Crippen molar-refractivity contribution in [3.8, 4) is 0 Å². The van der Waals surface area contributed by atoms with Crippen LogP contribution in [0.2, 0.25) is 0 Å². The van der Waals surface area contributed by atoms with Crippen molar-refractivity contribution in [2.24, 2.45) is 0 Å². The van der Waals surface area contributed by atoms with Gasteiger partial charge in [-0.1, -0.05) is 0 Å². The molecule has 4 nitrogen and oxygen atoms in total. The van der Waals surface area contributed by atoms with Crippen molar-refractivity contribution >= 4 is 27.3 Å². The summed E-state index contributed by atoms with van der Waals surface area (Å²) in [6.45, 7) is 1.34. The van der Waals surface area contributed by atoms with Crippen molar-refractivity contribution in [1.29, 1.82) is 0 Å². The van der Waals surface area contributed by atoms with Crippen molar-refractivity contribution in [3.05, 3.63) is 0 Å². The molecule has 0 aromatic rings. The van der Waals surface area contributed by atoms with E-state index in [2.05, 4.69) is 5.32 Å². The van der Waals surface area contributed by atoms with Crippen LogP contribution < -0.4 is 5.32 Å². The molecule has 0 aromatic carbocycles. The molecule has 2 unspecified atom stereocenters. The van der Waals surface area contributed by atoms with Gasteiger partial charge in [-0.15, -0.1) is 11.6 Å². The fraction of sp³-hybridized carbons (Fsp3) is 0.833. The molecule has 0 spiro atoms. The summed E-state index contributed by atoms with van der Waals surface area (Å²) in [5, 5.41) is 2.01. The number of rotatable bonds is 1. The first-order valence-corrected chi connectivity index (χ1v) is 5.78. The minimum Gasteiger partial charge on any atom is -0.351 e. The lowest BCUT2D eigenvalue weighted by atomic mass is 10.2. The Morgan fingerprint density at radius 1 is 1.50 bits per heavy atom. The molecule has 0 aliphatic carbocycles. The van der Waals surface area contributed by atoms with Gasteiger partial charge in [-0.25, -0.2) is 8.42 Å². The Morgan fingerprint density at radius 2 is 2.08 bits per heavy atom. The predicted octanol–water partition coefficient (Wildman–Crippen LogP) is -0.473. The molecule has 1 aliphatic rings. The fourth-order valence-electron chi connectivity index (χ4n) is 1.20. The number of carbonyl (C=O) groups is 1. The van der Waals surface area contributed by atoms with E-state index in [9.17, 15) is 13.2 Å². The summed E-state index contributed by atoms with van der Waals surface area (Å²) < 4.78 is 22.0. The first-order valence-electron chi connectivity index (χ1n) is 3.52. The zero-order valence-electron chi connectivity index (χ0n) is 6.58. The second-order valence-electron chi connectivity index (χ2n) is 2.90. The molecule has 12 heavy (non-hydrogen) atoms. The molecule has 1 fully saturated rings. The molecule has 6 heteroatoms. The summed E-state index contributed by atoms with van der Waals surface area (Å²) in [4.78, 5) is 10.6. The molecule has 0 saturated carbocycles. The third-order valence-electron chi connectivity index (χ3n) is 1.67. The highest BCUT2D eigenvalue weighted by Crippen LogP contribution is 2.17. The van der Waals surface area contributed by atoms with Crippen LogP contribution in [0, 0.1) is 0 Å². The van der Waals surface area contributed by atoms with Gasteiger partial charge in [-0.2, -0.15) is 0 Å². The van der Waals surface area contributed by atoms with Gasteiger partial charge in [0.15, 0.2) is 9.84 Å². The molecular formula is C6H10ClNO3S. The topological polar surface area (TPSA) is 63.2 Å². The highest BCUT2D eigenvalue weighted by Gasteiger charge is 2.36. The summed E-state index contributed by atoms with van der Waals surface area (Å²) in [5.74, 6) is -0.331. The number of alkyl halides is 1. The Hall–Kier alpha value is -0.290. The van der Waals surface area contributed by atoms with Gasteiger partial charge in [0.2, 0.25) is 5.91 Å². The molecule has 1 saturated heterocycles. The first kappa shape index (κ1) is 9.80. The summed E-state index contributed by atoms with van der Waals surface area (Å²) >= 11 is 5.71. The molecule has 1 amide bonds. The monoisotopic (exact) mass is 211 g/mol. The molecule has 0 radical (unpaired) electrons. The summed E-state index contributed by atoms with van der Waals surface area (Å²) in [7, 11) is -3.04. The third-order valence-corrected chi connectivity index (χ3v) is 4.05. The number of nitrogens with one attached hydrogen (secondary N) is 1. The van der Waals surface area contributed by atoms with E-state index in [4.69, 9.17) is 11.6 Å². The predicted molar refractivity (Wildman–Crippen MR) is 45.9 cm³/mol. The lowest BCUT2D eigenvalue weighted by Crippen LogP contribution is -2.39. The Labute approximate surface area is 76.2 Å². The smallest absolute Gasteiger partial charge is 0.217 e. The minimum atomic E-state index is -3.04. The average molecular weight is 212 g/mol. The zero-order valence-corrected chi connectivity index (χ0v) is 8.15. The first-order chi connectivity index (χ1) is 5.41. The molecule has 1 rings (SSSR count). The summed E-state index contributed by atoms with van der Waals surface area (Å²) in [6, 6.07) is -0.422. The van der Waals surface area contributed by atoms with Crippen LogP contribution in [0.15, 0.2) is 0 Å². The Balaban J connectivity index is 2.64. The van der Waals surface area contributed by atoms with Gasteiger partial charge >= 0.3 is 0 Å². The number of hydrogen-bond donors (Lipinski definition) is 1. The quantitative estimate of drug-likeness (QED) is 0.597. The van der Waals surface area contributed by atoms with E-state index >= 15 is 0 Å². The van der Waals surface area contributed by atoms with E-state index < -0.39 is 21.3 Å². The van der Waals surface area contributed by atoms with E-state index in [-0.39, 0.29) is 17.4 Å². The SMILES string of the molecule is CC(=O)NC1CS(=O)(=O)CC1Cl. The molecule has 1 heterocycles. The maximum atomic E-state index is 11.0. The third kappa shape index (κ3) is 2.35. The molecule has 70 valence electrons. The van der Waals surface area contributed by atoms with E-state index in [1.165, 1.54) is 6.92 Å². The molecular weight excluding hydrogens is 202 g/mol. The Bertz CT molecular complexity index is 287. The molecule has 0 aromatic heterocycles. The van der Waals surface area contributed by atoms with Crippen LogP contribution in [-0.4, -0.2) is 37.2 Å². The van der Waals surface area contributed by atoms with Crippen molar-refractivity contribution in [1.82, 2.24) is 5.32 Å². The van der Waals surface area contributed by atoms with Crippen molar-refractivity contribution < 1.29 is 13.2 Å². The zero-order chi connectivity index (χ0) is 9.35. The van der Waals surface area contributed by atoms with Crippen LogP contribution >= 0.6 is 11.6 Å². The van der Waals surface area contributed by atoms with Gasteiger partial charge in [0.05, 0.1) is 22.9 Å². The van der Waals surface area contributed by atoms with E-state index in [0.717, 1.165) is 0 Å². The number of carbonyl (C=O) groups excluding carboxylic acids is 1. The van der Waals surface area contributed by atoms with Crippen LogP contribution in [0.4, 0.5) is 0 Å². The Morgan fingerprint density at radius 3 is 2.42 bits per heavy atom. The van der Waals surface area contributed by atoms with E-state index in [1.54, 1.807) is 0 Å². The second-order valence-corrected chi connectivity index (χ2v) is 5.61. The van der Waals surface area contributed by atoms with Gasteiger partial charge in [0, 0.05) is 6.92 Å². The summed E-state index contributed by atoms with van der Waals surface area (Å²) in [5.41, 5.74) is 0. The molecule has 1 aliphatic heterocycles. The normalized spacial score (nSPS) is 33.2. The highest BCUT2D eigenvalue weighted by atomic mass is 35.5. The highest BCUT2D eigenvalue weighted by molar-refractivity contribution is 7.91. The summed E-state index contributed by atoms with van der Waals surface area (Å²) in [6.07, 6.45) is 0. The van der Waals surface area contributed by atoms with E-state index in [0.29, 0.717) is 0 Å². The van der Waals surface area contributed by atoms with Crippen LogP contribution in [0.3, 0.4) is 0 Å². The maximum absolute atomic E-state index is 11.0. The lowest BCUT2D eigenvalue weighted by molar-refractivity contribution is -0.119. The van der Waals surface area contributed by atoms with Crippen molar-refractivity contribution in [3.63, 3.8) is 0 Å². The van der Waals surface area contributed by atoms with Gasteiger partial charge in [0.1, 0.15) is 0 Å².